The highest BCUT2D eigenvalue weighted by Gasteiger charge is 2.12. The molecule has 1 amide bonds. The summed E-state index contributed by atoms with van der Waals surface area (Å²) in [4.78, 5) is 11.0. The van der Waals surface area contributed by atoms with Crippen LogP contribution in [0.5, 0.6) is 0 Å². The number of nitrogens with one attached hydrogen (secondary N) is 1. The summed E-state index contributed by atoms with van der Waals surface area (Å²) in [5.41, 5.74) is 5.25. The van der Waals surface area contributed by atoms with Crippen molar-refractivity contribution in [2.24, 2.45) is 11.7 Å². The predicted octanol–water partition coefficient (Wildman–Crippen LogP) is 1.29. The van der Waals surface area contributed by atoms with E-state index in [-0.39, 0.29) is 11.9 Å². The first kappa shape index (κ1) is 15.4. The predicted molar refractivity (Wildman–Crippen MR) is 66.2 cm³/mol. The maximum absolute atomic E-state index is 11.0. The van der Waals surface area contributed by atoms with Crippen LogP contribution in [0.25, 0.3) is 0 Å². The minimum absolute atomic E-state index is 0.255. The van der Waals surface area contributed by atoms with Crippen molar-refractivity contribution in [2.45, 2.75) is 46.1 Å². The molecule has 1 atom stereocenters. The maximum atomic E-state index is 11.0. The maximum Gasteiger partial charge on any atom is 0.234 e. The van der Waals surface area contributed by atoms with Gasteiger partial charge in [-0.3, -0.25) is 4.79 Å². The third kappa shape index (κ3) is 8.68. The van der Waals surface area contributed by atoms with Crippen molar-refractivity contribution in [2.75, 3.05) is 19.8 Å². The van der Waals surface area contributed by atoms with E-state index in [0.29, 0.717) is 13.0 Å². The number of amides is 1. The van der Waals surface area contributed by atoms with E-state index in [2.05, 4.69) is 19.2 Å². The van der Waals surface area contributed by atoms with E-state index in [4.69, 9.17) is 10.5 Å². The van der Waals surface area contributed by atoms with Crippen LogP contribution in [0.4, 0.5) is 0 Å². The van der Waals surface area contributed by atoms with Gasteiger partial charge < -0.3 is 15.8 Å². The molecule has 0 radical (unpaired) electrons. The third-order valence-electron chi connectivity index (χ3n) is 2.41. The van der Waals surface area contributed by atoms with Crippen molar-refractivity contribution in [3.05, 3.63) is 0 Å². The van der Waals surface area contributed by atoms with Crippen molar-refractivity contribution >= 4 is 5.91 Å². The Morgan fingerprint density at radius 2 is 2.00 bits per heavy atom. The number of hydrogen-bond donors (Lipinski definition) is 2. The van der Waals surface area contributed by atoms with Crippen LogP contribution in [0.1, 0.15) is 40.0 Å². The van der Waals surface area contributed by atoms with Gasteiger partial charge in [0.1, 0.15) is 0 Å². The number of carbonyl (C=O) groups is 1. The minimum atomic E-state index is -0.298. The van der Waals surface area contributed by atoms with Crippen LogP contribution in [0, 0.1) is 5.92 Å². The molecule has 0 aliphatic carbocycles. The molecule has 3 N–H and O–H groups in total. The highest BCUT2D eigenvalue weighted by atomic mass is 16.5. The highest BCUT2D eigenvalue weighted by molar-refractivity contribution is 5.79. The zero-order chi connectivity index (χ0) is 12.4. The molecule has 0 fully saturated rings. The first-order valence-electron chi connectivity index (χ1n) is 6.18. The summed E-state index contributed by atoms with van der Waals surface area (Å²) < 4.78 is 5.46. The first-order chi connectivity index (χ1) is 7.57. The Hall–Kier alpha value is -0.610. The fraction of sp³-hybridized carbons (Fsp3) is 0.917. The zero-order valence-electron chi connectivity index (χ0n) is 10.8. The molecule has 4 heteroatoms. The Labute approximate surface area is 98.9 Å². The van der Waals surface area contributed by atoms with E-state index in [1.807, 2.05) is 6.92 Å². The molecule has 1 unspecified atom stereocenters. The first-order valence-corrected chi connectivity index (χ1v) is 6.18. The number of ether oxygens (including phenoxy) is 1. The monoisotopic (exact) mass is 230 g/mol. The number of rotatable bonds is 10. The second-order valence-electron chi connectivity index (χ2n) is 4.45. The topological polar surface area (TPSA) is 64.3 Å². The summed E-state index contributed by atoms with van der Waals surface area (Å²) >= 11 is 0. The van der Waals surface area contributed by atoms with Crippen molar-refractivity contribution in [1.82, 2.24) is 5.32 Å². The molecule has 0 aliphatic rings. The second kappa shape index (κ2) is 9.60. The van der Waals surface area contributed by atoms with Gasteiger partial charge in [0, 0.05) is 13.2 Å². The molecule has 4 nitrogen and oxygen atoms in total. The Morgan fingerprint density at radius 1 is 1.31 bits per heavy atom. The van der Waals surface area contributed by atoms with Crippen molar-refractivity contribution in [3.8, 4) is 0 Å². The van der Waals surface area contributed by atoms with Gasteiger partial charge in [-0.25, -0.2) is 0 Å². The van der Waals surface area contributed by atoms with Gasteiger partial charge >= 0.3 is 0 Å². The number of carbonyl (C=O) groups excluding carboxylic acids is 1. The Bertz CT molecular complexity index is 184. The van der Waals surface area contributed by atoms with Crippen LogP contribution in [-0.2, 0) is 9.53 Å². The summed E-state index contributed by atoms with van der Waals surface area (Å²) in [6, 6.07) is -0.255. The Kier molecular flexibility index (Phi) is 9.24. The molecule has 0 rings (SSSR count). The number of hydrogen-bond acceptors (Lipinski definition) is 3. The smallest absolute Gasteiger partial charge is 0.234 e. The molecule has 0 aliphatic heterocycles. The molecule has 96 valence electrons. The van der Waals surface area contributed by atoms with Crippen molar-refractivity contribution in [3.63, 3.8) is 0 Å². The number of primary amides is 1. The number of nitrogens with two attached hydrogens (primary N) is 1. The summed E-state index contributed by atoms with van der Waals surface area (Å²) in [7, 11) is 0. The Morgan fingerprint density at radius 3 is 2.50 bits per heavy atom. The van der Waals surface area contributed by atoms with Crippen molar-refractivity contribution < 1.29 is 9.53 Å². The summed E-state index contributed by atoms with van der Waals surface area (Å²) in [6.07, 6.45) is 2.93. The molecule has 16 heavy (non-hydrogen) atoms. The van der Waals surface area contributed by atoms with Gasteiger partial charge in [-0.15, -0.1) is 0 Å². The van der Waals surface area contributed by atoms with Gasteiger partial charge in [0.15, 0.2) is 0 Å². The van der Waals surface area contributed by atoms with Gasteiger partial charge in [-0.05, 0) is 31.7 Å². The normalized spacial score (nSPS) is 13.0. The minimum Gasteiger partial charge on any atom is -0.381 e. The molecule has 0 saturated carbocycles. The summed E-state index contributed by atoms with van der Waals surface area (Å²) in [6.45, 7) is 8.48. The van der Waals surface area contributed by atoms with E-state index in [1.54, 1.807) is 0 Å². The molecule has 0 aromatic rings. The lowest BCUT2D eigenvalue weighted by atomic mass is 10.1. The van der Waals surface area contributed by atoms with E-state index in [9.17, 15) is 4.79 Å². The molecular formula is C12H26N2O2. The van der Waals surface area contributed by atoms with Crippen molar-refractivity contribution in [1.29, 1.82) is 0 Å². The van der Waals surface area contributed by atoms with Crippen LogP contribution >= 0.6 is 0 Å². The lowest BCUT2D eigenvalue weighted by molar-refractivity contribution is -0.120. The van der Waals surface area contributed by atoms with E-state index >= 15 is 0 Å². The van der Waals surface area contributed by atoms with Crippen LogP contribution < -0.4 is 11.1 Å². The lowest BCUT2D eigenvalue weighted by Gasteiger charge is -2.14. The van der Waals surface area contributed by atoms with Gasteiger partial charge in [0.2, 0.25) is 5.91 Å². The van der Waals surface area contributed by atoms with Gasteiger partial charge in [-0.2, -0.15) is 0 Å². The van der Waals surface area contributed by atoms with Crippen LogP contribution in [0.15, 0.2) is 0 Å². The number of likely N-dealkylation sites (N-methyl/N-ethyl adjacent to an activating group) is 1. The fourth-order valence-corrected chi connectivity index (χ4v) is 1.49. The van der Waals surface area contributed by atoms with E-state index in [1.165, 1.54) is 6.42 Å². The van der Waals surface area contributed by atoms with Crippen LogP contribution in [0.2, 0.25) is 0 Å². The lowest BCUT2D eigenvalue weighted by Crippen LogP contribution is -2.41. The molecule has 0 aromatic heterocycles. The van der Waals surface area contributed by atoms with E-state index in [0.717, 1.165) is 25.5 Å². The summed E-state index contributed by atoms with van der Waals surface area (Å²) in [5, 5.41) is 3.04. The second-order valence-corrected chi connectivity index (χ2v) is 4.45. The molecular weight excluding hydrogens is 204 g/mol. The molecule has 0 aromatic carbocycles. The van der Waals surface area contributed by atoms with Gasteiger partial charge in [0.05, 0.1) is 6.04 Å². The molecule has 0 bridgehead atoms. The standard InChI is InChI=1S/C12H26N2O2/c1-4-14-11(12(13)15)7-9-16-8-5-6-10(2)3/h10-11,14H,4-9H2,1-3H3,(H2,13,15). The molecule has 0 heterocycles. The SMILES string of the molecule is CCNC(CCOCCCC(C)C)C(N)=O. The molecule has 0 spiro atoms. The average molecular weight is 230 g/mol. The summed E-state index contributed by atoms with van der Waals surface area (Å²) in [5.74, 6) is 0.427. The molecule has 0 saturated heterocycles. The zero-order valence-corrected chi connectivity index (χ0v) is 10.8. The highest BCUT2D eigenvalue weighted by Crippen LogP contribution is 2.03. The van der Waals surface area contributed by atoms with E-state index < -0.39 is 0 Å². The largest absolute Gasteiger partial charge is 0.381 e. The van der Waals surface area contributed by atoms with Gasteiger partial charge in [-0.1, -0.05) is 20.8 Å². The average Bonchev–Trinajstić information content (AvgIpc) is 2.20. The third-order valence-corrected chi connectivity index (χ3v) is 2.41. The van der Waals surface area contributed by atoms with Gasteiger partial charge in [0.25, 0.3) is 0 Å². The van der Waals surface area contributed by atoms with Crippen LogP contribution in [0.3, 0.4) is 0 Å². The Balaban J connectivity index is 3.44. The fourth-order valence-electron chi connectivity index (χ4n) is 1.49. The van der Waals surface area contributed by atoms with Crippen LogP contribution in [-0.4, -0.2) is 31.7 Å². The quantitative estimate of drug-likeness (QED) is 0.556.